The zero-order chi connectivity index (χ0) is 9.14. The maximum absolute atomic E-state index is 12.9. The van der Waals surface area contributed by atoms with E-state index >= 15 is 0 Å². The van der Waals surface area contributed by atoms with E-state index in [1.165, 1.54) is 6.07 Å². The van der Waals surface area contributed by atoms with Crippen molar-refractivity contribution >= 4 is 21.6 Å². The summed E-state index contributed by atoms with van der Waals surface area (Å²) in [6.07, 6.45) is 0. The lowest BCUT2D eigenvalue weighted by atomic mass is 10.3. The Morgan fingerprint density at radius 1 is 1.33 bits per heavy atom. The molecule has 0 saturated carbocycles. The number of hydrogen-bond donors (Lipinski definition) is 1. The Kier molecular flexibility index (Phi) is 3.03. The van der Waals surface area contributed by atoms with Crippen LogP contribution in [0, 0.1) is 11.6 Å². The van der Waals surface area contributed by atoms with Gasteiger partial charge in [0.1, 0.15) is 11.6 Å². The van der Waals surface area contributed by atoms with E-state index in [1.54, 1.807) is 0 Å². The number of halogens is 3. The van der Waals surface area contributed by atoms with E-state index in [2.05, 4.69) is 21.2 Å². The Labute approximate surface area is 77.9 Å². The first kappa shape index (κ1) is 9.45. The Balaban J connectivity index is 3.05. The van der Waals surface area contributed by atoms with Crippen LogP contribution < -0.4 is 5.32 Å². The monoisotopic (exact) mass is 235 g/mol. The average Bonchev–Trinajstić information content (AvgIpc) is 2.01. The van der Waals surface area contributed by atoms with Gasteiger partial charge in [-0.3, -0.25) is 0 Å². The van der Waals surface area contributed by atoms with Crippen LogP contribution in [0.5, 0.6) is 0 Å². The molecule has 0 atom stereocenters. The van der Waals surface area contributed by atoms with Crippen molar-refractivity contribution in [1.29, 1.82) is 0 Å². The predicted octanol–water partition coefficient (Wildman–Crippen LogP) is 3.16. The molecular weight excluding hydrogens is 228 g/mol. The quantitative estimate of drug-likeness (QED) is 0.777. The largest absolute Gasteiger partial charge is 0.383 e. The van der Waals surface area contributed by atoms with Crippen molar-refractivity contribution in [2.75, 3.05) is 11.9 Å². The molecule has 0 bridgehead atoms. The van der Waals surface area contributed by atoms with Gasteiger partial charge in [0, 0.05) is 12.6 Å². The second kappa shape index (κ2) is 3.85. The van der Waals surface area contributed by atoms with Crippen molar-refractivity contribution < 1.29 is 8.78 Å². The summed E-state index contributed by atoms with van der Waals surface area (Å²) in [6, 6.07) is 2.23. The summed E-state index contributed by atoms with van der Waals surface area (Å²) >= 11 is 2.97. The molecule has 1 aromatic carbocycles. The fourth-order valence-corrected chi connectivity index (χ4v) is 1.19. The van der Waals surface area contributed by atoms with E-state index in [9.17, 15) is 8.78 Å². The SMILES string of the molecule is CCNc1cc(Br)c(F)cc1F. The van der Waals surface area contributed by atoms with E-state index in [1.807, 2.05) is 6.92 Å². The fourth-order valence-electron chi connectivity index (χ4n) is 0.848. The summed E-state index contributed by atoms with van der Waals surface area (Å²) in [5.41, 5.74) is 0.311. The highest BCUT2D eigenvalue weighted by atomic mass is 79.9. The second-order valence-corrected chi connectivity index (χ2v) is 3.13. The van der Waals surface area contributed by atoms with Crippen molar-refractivity contribution in [2.24, 2.45) is 0 Å². The minimum Gasteiger partial charge on any atom is -0.383 e. The van der Waals surface area contributed by atoms with Gasteiger partial charge in [-0.05, 0) is 28.9 Å². The third-order valence-corrected chi connectivity index (χ3v) is 1.98. The summed E-state index contributed by atoms with van der Waals surface area (Å²) < 4.78 is 25.8. The van der Waals surface area contributed by atoms with Crippen LogP contribution in [0.15, 0.2) is 16.6 Å². The van der Waals surface area contributed by atoms with E-state index < -0.39 is 11.6 Å². The van der Waals surface area contributed by atoms with Gasteiger partial charge >= 0.3 is 0 Å². The molecule has 12 heavy (non-hydrogen) atoms. The molecule has 0 aromatic heterocycles. The summed E-state index contributed by atoms with van der Waals surface area (Å²) in [5, 5.41) is 2.77. The highest BCUT2D eigenvalue weighted by molar-refractivity contribution is 9.10. The van der Waals surface area contributed by atoms with Crippen LogP contribution in [0.4, 0.5) is 14.5 Å². The van der Waals surface area contributed by atoms with E-state index in [0.29, 0.717) is 12.2 Å². The number of hydrogen-bond acceptors (Lipinski definition) is 1. The van der Waals surface area contributed by atoms with Crippen LogP contribution in [0.25, 0.3) is 0 Å². The molecule has 0 radical (unpaired) electrons. The number of benzene rings is 1. The molecule has 0 fully saturated rings. The first-order chi connectivity index (χ1) is 5.65. The molecular formula is C8H8BrF2N. The minimum atomic E-state index is -0.589. The zero-order valence-corrected chi connectivity index (χ0v) is 8.08. The topological polar surface area (TPSA) is 12.0 Å². The van der Waals surface area contributed by atoms with Crippen molar-refractivity contribution in [2.45, 2.75) is 6.92 Å². The minimum absolute atomic E-state index is 0.264. The Morgan fingerprint density at radius 3 is 2.58 bits per heavy atom. The van der Waals surface area contributed by atoms with Crippen LogP contribution in [-0.4, -0.2) is 6.54 Å². The van der Waals surface area contributed by atoms with E-state index in [4.69, 9.17) is 0 Å². The van der Waals surface area contributed by atoms with Crippen LogP contribution in [0.3, 0.4) is 0 Å². The van der Waals surface area contributed by atoms with Gasteiger partial charge in [0.05, 0.1) is 10.2 Å². The highest BCUT2D eigenvalue weighted by Crippen LogP contribution is 2.23. The van der Waals surface area contributed by atoms with Gasteiger partial charge in [-0.25, -0.2) is 8.78 Å². The molecule has 0 saturated heterocycles. The van der Waals surface area contributed by atoms with Crippen molar-refractivity contribution in [1.82, 2.24) is 0 Å². The summed E-state index contributed by atoms with van der Waals surface area (Å²) in [7, 11) is 0. The molecule has 0 heterocycles. The molecule has 0 aliphatic rings. The van der Waals surface area contributed by atoms with E-state index in [-0.39, 0.29) is 4.47 Å². The average molecular weight is 236 g/mol. The molecule has 1 nitrogen and oxygen atoms in total. The summed E-state index contributed by atoms with van der Waals surface area (Å²) in [4.78, 5) is 0. The number of anilines is 1. The highest BCUT2D eigenvalue weighted by Gasteiger charge is 2.06. The van der Waals surface area contributed by atoms with Gasteiger partial charge in [0.15, 0.2) is 0 Å². The van der Waals surface area contributed by atoms with Crippen LogP contribution in [-0.2, 0) is 0 Å². The molecule has 0 aliphatic heterocycles. The third kappa shape index (κ3) is 1.94. The van der Waals surface area contributed by atoms with Gasteiger partial charge in [-0.15, -0.1) is 0 Å². The maximum atomic E-state index is 12.9. The summed E-state index contributed by atoms with van der Waals surface area (Å²) in [6.45, 7) is 2.45. The Bertz CT molecular complexity index is 289. The first-order valence-corrected chi connectivity index (χ1v) is 4.33. The maximum Gasteiger partial charge on any atom is 0.149 e. The third-order valence-electron chi connectivity index (χ3n) is 1.38. The Morgan fingerprint density at radius 2 is 2.00 bits per heavy atom. The number of rotatable bonds is 2. The summed E-state index contributed by atoms with van der Waals surface area (Å²) in [5.74, 6) is -1.16. The van der Waals surface area contributed by atoms with Crippen LogP contribution in [0.1, 0.15) is 6.92 Å². The van der Waals surface area contributed by atoms with Crippen LogP contribution in [0.2, 0.25) is 0 Å². The fraction of sp³-hybridized carbons (Fsp3) is 0.250. The van der Waals surface area contributed by atoms with Crippen molar-refractivity contribution in [3.05, 3.63) is 28.2 Å². The molecule has 1 aromatic rings. The second-order valence-electron chi connectivity index (χ2n) is 2.28. The number of nitrogens with one attached hydrogen (secondary N) is 1. The zero-order valence-electron chi connectivity index (χ0n) is 6.50. The molecule has 0 unspecified atom stereocenters. The lowest BCUT2D eigenvalue weighted by Crippen LogP contribution is -1.99. The van der Waals surface area contributed by atoms with Crippen LogP contribution >= 0.6 is 15.9 Å². The smallest absolute Gasteiger partial charge is 0.149 e. The van der Waals surface area contributed by atoms with Gasteiger partial charge in [0.2, 0.25) is 0 Å². The molecule has 66 valence electrons. The lowest BCUT2D eigenvalue weighted by molar-refractivity contribution is 0.581. The normalized spacial score (nSPS) is 10.0. The molecule has 4 heteroatoms. The molecule has 0 spiro atoms. The molecule has 1 rings (SSSR count). The van der Waals surface area contributed by atoms with Crippen molar-refractivity contribution in [3.8, 4) is 0 Å². The van der Waals surface area contributed by atoms with Crippen molar-refractivity contribution in [3.63, 3.8) is 0 Å². The molecule has 1 N–H and O–H groups in total. The molecule has 0 aliphatic carbocycles. The lowest BCUT2D eigenvalue weighted by Gasteiger charge is -2.05. The van der Waals surface area contributed by atoms with Gasteiger partial charge < -0.3 is 5.32 Å². The van der Waals surface area contributed by atoms with E-state index in [0.717, 1.165) is 6.07 Å². The predicted molar refractivity (Wildman–Crippen MR) is 48.2 cm³/mol. The van der Waals surface area contributed by atoms with Gasteiger partial charge in [-0.1, -0.05) is 0 Å². The molecule has 0 amide bonds. The van der Waals surface area contributed by atoms with Gasteiger partial charge in [0.25, 0.3) is 0 Å². The first-order valence-electron chi connectivity index (χ1n) is 3.53. The Hall–Kier alpha value is -0.640. The van der Waals surface area contributed by atoms with Gasteiger partial charge in [-0.2, -0.15) is 0 Å². The standard InChI is InChI=1S/C8H8BrF2N/c1-2-12-8-3-5(9)6(10)4-7(8)11/h3-4,12H,2H2,1H3.